The highest BCUT2D eigenvalue weighted by Crippen LogP contribution is 2.36. The van der Waals surface area contributed by atoms with Crippen LogP contribution in [0, 0.1) is 11.5 Å². The molecule has 0 radical (unpaired) electrons. The van der Waals surface area contributed by atoms with Crippen molar-refractivity contribution in [1.29, 1.82) is 0 Å². The molecule has 1 aliphatic rings. The van der Waals surface area contributed by atoms with Gasteiger partial charge in [0, 0.05) is 41.0 Å². The summed E-state index contributed by atoms with van der Waals surface area (Å²) >= 11 is 1.71. The van der Waals surface area contributed by atoms with Gasteiger partial charge in [0.1, 0.15) is 19.5 Å². The average Bonchev–Trinajstić information content (AvgIpc) is 3.09. The maximum Gasteiger partial charge on any atom is 0.410 e. The molecular weight excluding hydrogens is 434 g/mol. The molecule has 0 aromatic carbocycles. The minimum Gasteiger partial charge on any atom is -0.444 e. The van der Waals surface area contributed by atoms with Crippen LogP contribution in [0.1, 0.15) is 59.9 Å². The Morgan fingerprint density at radius 2 is 2.00 bits per heavy atom. The van der Waals surface area contributed by atoms with Gasteiger partial charge in [0.15, 0.2) is 0 Å². The van der Waals surface area contributed by atoms with Crippen molar-refractivity contribution in [3.05, 3.63) is 23.2 Å². The number of nitrogens with one attached hydrogen (secondary N) is 1. The first-order chi connectivity index (χ1) is 14.8. The number of aromatic nitrogens is 1. The number of carbonyl (C=O) groups excluding carboxylic acids is 1. The largest absolute Gasteiger partial charge is 0.444 e. The van der Waals surface area contributed by atoms with Crippen molar-refractivity contribution in [3.63, 3.8) is 0 Å². The van der Waals surface area contributed by atoms with Gasteiger partial charge in [-0.2, -0.15) is 0 Å². The number of fused-ring (bicyclic) bond motifs is 1. The van der Waals surface area contributed by atoms with Crippen LogP contribution in [0.25, 0.3) is 10.1 Å². The summed E-state index contributed by atoms with van der Waals surface area (Å²) in [6, 6.07) is 2.19. The summed E-state index contributed by atoms with van der Waals surface area (Å²) in [5, 5.41) is 7.08. The Bertz CT molecular complexity index is 1040. The molecule has 174 valence electrons. The summed E-state index contributed by atoms with van der Waals surface area (Å²) in [6.07, 6.45) is 3.54. The van der Waals surface area contributed by atoms with Crippen LogP contribution < -0.4 is 5.32 Å². The Balaban J connectivity index is 1.83. The molecule has 0 spiro atoms. The fourth-order valence-corrected chi connectivity index (χ4v) is 5.08. The van der Waals surface area contributed by atoms with Crippen LogP contribution in [0.5, 0.6) is 0 Å². The molecule has 1 N–H and O–H groups in total. The van der Waals surface area contributed by atoms with Gasteiger partial charge in [-0.25, -0.2) is 9.78 Å². The lowest BCUT2D eigenvalue weighted by Crippen LogP contribution is -2.47. The van der Waals surface area contributed by atoms with E-state index >= 15 is 0 Å². The number of pyridine rings is 1. The van der Waals surface area contributed by atoms with Gasteiger partial charge in [-0.1, -0.05) is 39.8 Å². The van der Waals surface area contributed by atoms with E-state index in [1.54, 1.807) is 16.2 Å². The lowest BCUT2D eigenvalue weighted by Gasteiger charge is -2.34. The molecule has 1 atom stereocenters. The third kappa shape index (κ3) is 5.84. The monoisotopic (exact) mass is 471 g/mol. The number of hydrogen-bond donors (Lipinski definition) is 1. The molecule has 1 saturated heterocycles. The predicted molar refractivity (Wildman–Crippen MR) is 138 cm³/mol. The van der Waals surface area contributed by atoms with E-state index in [4.69, 9.17) is 4.74 Å². The van der Waals surface area contributed by atoms with Gasteiger partial charge in [0.25, 0.3) is 0 Å². The molecule has 1 amide bonds. The Kier molecular flexibility index (Phi) is 6.97. The molecule has 2 aromatic rings. The molecule has 7 heteroatoms. The zero-order chi connectivity index (χ0) is 23.7. The zero-order valence-electron chi connectivity index (χ0n) is 20.8. The van der Waals surface area contributed by atoms with Gasteiger partial charge in [0.2, 0.25) is 0 Å². The van der Waals surface area contributed by atoms with E-state index in [1.807, 2.05) is 27.0 Å². The van der Waals surface area contributed by atoms with E-state index in [-0.39, 0.29) is 17.2 Å². The number of carbonyl (C=O) groups is 1. The lowest BCUT2D eigenvalue weighted by atomic mass is 10.1. The second-order valence-electron chi connectivity index (χ2n) is 11.2. The van der Waals surface area contributed by atoms with Crippen LogP contribution in [-0.4, -0.2) is 48.8 Å². The summed E-state index contributed by atoms with van der Waals surface area (Å²) in [5.41, 5.74) is 4.20. The average molecular weight is 472 g/mol. The number of thiophene rings is 1. The van der Waals surface area contributed by atoms with Crippen molar-refractivity contribution in [2.24, 2.45) is 0 Å². The summed E-state index contributed by atoms with van der Waals surface area (Å²) in [6.45, 7) is 18.6. The van der Waals surface area contributed by atoms with Crippen molar-refractivity contribution in [2.45, 2.75) is 84.2 Å². The van der Waals surface area contributed by atoms with Gasteiger partial charge >= 0.3 is 6.09 Å². The van der Waals surface area contributed by atoms with Crippen molar-refractivity contribution in [2.75, 3.05) is 18.4 Å². The number of amides is 1. The summed E-state index contributed by atoms with van der Waals surface area (Å²) in [5.74, 6) is 4.36. The fraction of sp³-hybridized carbons (Fsp3) is 0.600. The first-order valence-electron chi connectivity index (χ1n) is 11.4. The van der Waals surface area contributed by atoms with E-state index in [0.717, 1.165) is 36.2 Å². The van der Waals surface area contributed by atoms with Gasteiger partial charge in [-0.3, -0.25) is 0 Å². The molecular formula is C25H37N3O2SSi. The number of ether oxygens (including phenoxy) is 1. The Morgan fingerprint density at radius 3 is 2.66 bits per heavy atom. The topological polar surface area (TPSA) is 54.5 Å². The van der Waals surface area contributed by atoms with Gasteiger partial charge in [0.05, 0.1) is 5.39 Å². The summed E-state index contributed by atoms with van der Waals surface area (Å²) in [7, 11) is -1.71. The molecule has 0 aliphatic carbocycles. The zero-order valence-corrected chi connectivity index (χ0v) is 22.6. The van der Waals surface area contributed by atoms with Crippen molar-refractivity contribution in [3.8, 4) is 11.5 Å². The molecule has 3 heterocycles. The Hall–Kier alpha value is -2.04. The molecule has 0 bridgehead atoms. The Morgan fingerprint density at radius 1 is 1.28 bits per heavy atom. The standard InChI is InChI=1S/C25H37N3O2SSi/c1-24(2,3)30-23(29)28-14-9-10-19(16-28)27-22-21-18(17-31-20(21)11-13-26-22)12-15-32(7,8)25(4,5)6/h11,13,17,19H,9-10,14,16H2,1-8H3,(H,26,27)/t19-/m1/s1. The summed E-state index contributed by atoms with van der Waals surface area (Å²) in [4.78, 5) is 19.0. The maximum absolute atomic E-state index is 12.5. The second kappa shape index (κ2) is 9.07. The lowest BCUT2D eigenvalue weighted by molar-refractivity contribution is 0.0206. The number of nitrogens with zero attached hydrogens (tertiary/aromatic N) is 2. The van der Waals surface area contributed by atoms with Crippen molar-refractivity contribution >= 4 is 41.4 Å². The minimum atomic E-state index is -1.71. The molecule has 1 aliphatic heterocycles. The third-order valence-corrected chi connectivity index (χ3v) is 11.7. The van der Waals surface area contributed by atoms with Gasteiger partial charge < -0.3 is 15.0 Å². The normalized spacial score (nSPS) is 17.6. The molecule has 3 rings (SSSR count). The number of likely N-dealkylation sites (tertiary alicyclic amines) is 1. The van der Waals surface area contributed by atoms with E-state index in [0.29, 0.717) is 6.54 Å². The molecule has 32 heavy (non-hydrogen) atoms. The highest BCUT2D eigenvalue weighted by atomic mass is 32.1. The highest BCUT2D eigenvalue weighted by Gasteiger charge is 2.34. The van der Waals surface area contributed by atoms with E-state index in [1.165, 1.54) is 4.70 Å². The molecule has 1 fully saturated rings. The molecule has 0 unspecified atom stereocenters. The molecule has 2 aromatic heterocycles. The quantitative estimate of drug-likeness (QED) is 0.401. The van der Waals surface area contributed by atoms with Crippen LogP contribution in [-0.2, 0) is 4.74 Å². The smallest absolute Gasteiger partial charge is 0.410 e. The van der Waals surface area contributed by atoms with Gasteiger partial charge in [-0.15, -0.1) is 16.9 Å². The second-order valence-corrected chi connectivity index (χ2v) is 17.1. The fourth-order valence-electron chi connectivity index (χ4n) is 3.38. The minimum absolute atomic E-state index is 0.135. The van der Waals surface area contributed by atoms with E-state index in [9.17, 15) is 4.79 Å². The molecule has 5 nitrogen and oxygen atoms in total. The van der Waals surface area contributed by atoms with Gasteiger partial charge in [-0.05, 0) is 44.7 Å². The first kappa shape index (κ1) is 24.6. The number of piperidine rings is 1. The number of rotatable bonds is 2. The SMILES string of the molecule is CC(C)(C)OC(=O)N1CCC[C@@H](Nc2nccc3scc(C#C[Si](C)(C)C(C)(C)C)c23)C1. The number of anilines is 1. The van der Waals surface area contributed by atoms with Crippen LogP contribution in [0.4, 0.5) is 10.6 Å². The van der Waals surface area contributed by atoms with E-state index < -0.39 is 13.7 Å². The van der Waals surface area contributed by atoms with E-state index in [2.05, 4.69) is 67.1 Å². The Labute approximate surface area is 198 Å². The number of hydrogen-bond acceptors (Lipinski definition) is 5. The molecule has 0 saturated carbocycles. The van der Waals surface area contributed by atoms with Crippen LogP contribution in [0.15, 0.2) is 17.6 Å². The summed E-state index contributed by atoms with van der Waals surface area (Å²) < 4.78 is 6.76. The third-order valence-electron chi connectivity index (χ3n) is 6.28. The van der Waals surface area contributed by atoms with Crippen molar-refractivity contribution < 1.29 is 9.53 Å². The maximum atomic E-state index is 12.5. The van der Waals surface area contributed by atoms with Crippen LogP contribution in [0.2, 0.25) is 18.1 Å². The van der Waals surface area contributed by atoms with Crippen molar-refractivity contribution in [1.82, 2.24) is 9.88 Å². The van der Waals surface area contributed by atoms with Crippen LogP contribution in [0.3, 0.4) is 0 Å². The van der Waals surface area contributed by atoms with Crippen LogP contribution >= 0.6 is 11.3 Å². The predicted octanol–water partition coefficient (Wildman–Crippen LogP) is 6.51. The first-order valence-corrected chi connectivity index (χ1v) is 15.3. The highest BCUT2D eigenvalue weighted by molar-refractivity contribution is 7.17.